The van der Waals surface area contributed by atoms with Crippen LogP contribution in [0.3, 0.4) is 0 Å². The van der Waals surface area contributed by atoms with Gasteiger partial charge in [-0.2, -0.15) is 0 Å². The van der Waals surface area contributed by atoms with Crippen molar-refractivity contribution in [1.29, 1.82) is 0 Å². The Balaban J connectivity index is 0.000000322. The van der Waals surface area contributed by atoms with E-state index in [4.69, 9.17) is 14.9 Å². The molecule has 0 unspecified atom stereocenters. The van der Waals surface area contributed by atoms with Gasteiger partial charge in [0.1, 0.15) is 0 Å². The van der Waals surface area contributed by atoms with Crippen LogP contribution in [0.4, 0.5) is 0 Å². The van der Waals surface area contributed by atoms with E-state index < -0.39 is 5.97 Å². The third kappa shape index (κ3) is 14.3. The SMILES string of the molecule is CC.O=C(O)/C=C/COC1CCCCC1.OCCN(Cc1ccccc1)Cc1ccccc1. The van der Waals surface area contributed by atoms with Crippen LogP contribution in [-0.2, 0) is 22.6 Å². The molecule has 2 N–H and O–H groups in total. The van der Waals surface area contributed by atoms with Crippen molar-refractivity contribution >= 4 is 5.97 Å². The van der Waals surface area contributed by atoms with Gasteiger partial charge in [0.2, 0.25) is 0 Å². The standard InChI is InChI=1S/C16H19NO.C10H16O3.C2H6/c18-12-11-17(13-15-7-3-1-4-8-15)14-16-9-5-2-6-10-16;11-10(12)7-4-8-13-9-5-2-1-3-6-9;1-2/h1-10,18H,11-14H2;4,7,9H,1-3,5-6,8H2,(H,11,12);1-2H3/b;7-4+;. The predicted octanol–water partition coefficient (Wildman–Crippen LogP) is 5.68. The molecule has 1 saturated carbocycles. The van der Waals surface area contributed by atoms with E-state index in [1.54, 1.807) is 6.08 Å². The quantitative estimate of drug-likeness (QED) is 0.451. The molecule has 2 aromatic carbocycles. The van der Waals surface area contributed by atoms with Gasteiger partial charge in [-0.15, -0.1) is 0 Å². The molecule has 0 saturated heterocycles. The van der Waals surface area contributed by atoms with Gasteiger partial charge in [0.15, 0.2) is 0 Å². The van der Waals surface area contributed by atoms with Crippen molar-refractivity contribution in [2.75, 3.05) is 19.8 Å². The second kappa shape index (κ2) is 19.0. The molecule has 0 aromatic heterocycles. The molecule has 0 bridgehead atoms. The van der Waals surface area contributed by atoms with E-state index in [0.717, 1.165) is 32.0 Å². The fourth-order valence-electron chi connectivity index (χ4n) is 3.61. The number of benzene rings is 2. The van der Waals surface area contributed by atoms with Crippen LogP contribution in [0.2, 0.25) is 0 Å². The van der Waals surface area contributed by atoms with E-state index in [1.807, 2.05) is 26.0 Å². The number of aliphatic hydroxyl groups is 1. The first-order chi connectivity index (χ1) is 16.2. The lowest BCUT2D eigenvalue weighted by atomic mass is 9.98. The summed E-state index contributed by atoms with van der Waals surface area (Å²) in [7, 11) is 0. The van der Waals surface area contributed by atoms with Gasteiger partial charge in [0.25, 0.3) is 0 Å². The largest absolute Gasteiger partial charge is 0.478 e. The summed E-state index contributed by atoms with van der Waals surface area (Å²) in [5.41, 5.74) is 2.56. The predicted molar refractivity (Wildman–Crippen MR) is 135 cm³/mol. The second-order valence-electron chi connectivity index (χ2n) is 7.74. The van der Waals surface area contributed by atoms with Crippen molar-refractivity contribution in [1.82, 2.24) is 4.90 Å². The monoisotopic (exact) mass is 455 g/mol. The summed E-state index contributed by atoms with van der Waals surface area (Å²) in [5.74, 6) is -0.910. The van der Waals surface area contributed by atoms with Gasteiger partial charge < -0.3 is 14.9 Å². The highest BCUT2D eigenvalue weighted by atomic mass is 16.5. The van der Waals surface area contributed by atoms with Gasteiger partial charge in [0.05, 0.1) is 19.3 Å². The Bertz CT molecular complexity index is 702. The Morgan fingerprint density at radius 1 is 0.939 bits per heavy atom. The molecule has 1 aliphatic carbocycles. The molecule has 2 aromatic rings. The number of carboxylic acids is 1. The van der Waals surface area contributed by atoms with Crippen molar-refractivity contribution in [3.05, 3.63) is 83.9 Å². The molecule has 5 nitrogen and oxygen atoms in total. The van der Waals surface area contributed by atoms with Crippen LogP contribution in [0, 0.1) is 0 Å². The van der Waals surface area contributed by atoms with E-state index in [-0.39, 0.29) is 6.61 Å². The number of carbonyl (C=O) groups is 1. The lowest BCUT2D eigenvalue weighted by Gasteiger charge is -2.21. The first-order valence-corrected chi connectivity index (χ1v) is 12.1. The van der Waals surface area contributed by atoms with Gasteiger partial charge in [-0.25, -0.2) is 4.79 Å². The maximum atomic E-state index is 10.1. The summed E-state index contributed by atoms with van der Waals surface area (Å²) in [6.07, 6.45) is 9.08. The zero-order chi connectivity index (χ0) is 24.2. The fourth-order valence-corrected chi connectivity index (χ4v) is 3.61. The van der Waals surface area contributed by atoms with Crippen LogP contribution < -0.4 is 0 Å². The van der Waals surface area contributed by atoms with Crippen molar-refractivity contribution in [3.8, 4) is 0 Å². The Morgan fingerprint density at radius 3 is 1.91 bits per heavy atom. The highest BCUT2D eigenvalue weighted by molar-refractivity contribution is 5.79. The molecule has 182 valence electrons. The number of aliphatic carboxylic acids is 1. The molecule has 0 atom stereocenters. The van der Waals surface area contributed by atoms with Crippen LogP contribution in [0.1, 0.15) is 57.1 Å². The molecule has 33 heavy (non-hydrogen) atoms. The smallest absolute Gasteiger partial charge is 0.328 e. The molecule has 5 heteroatoms. The second-order valence-corrected chi connectivity index (χ2v) is 7.74. The first-order valence-electron chi connectivity index (χ1n) is 12.1. The minimum atomic E-state index is -0.910. The Kier molecular flexibility index (Phi) is 16.5. The maximum absolute atomic E-state index is 10.1. The summed E-state index contributed by atoms with van der Waals surface area (Å²) < 4.78 is 5.48. The number of ether oxygens (including phenoxy) is 1. The molecule has 1 aliphatic rings. The summed E-state index contributed by atoms with van der Waals surface area (Å²) in [6, 6.07) is 20.7. The number of rotatable bonds is 10. The molecule has 0 radical (unpaired) electrons. The molecule has 3 rings (SSSR count). The highest BCUT2D eigenvalue weighted by Crippen LogP contribution is 2.20. The highest BCUT2D eigenvalue weighted by Gasteiger charge is 2.12. The molecular weight excluding hydrogens is 414 g/mol. The molecular formula is C28H41NO4. The van der Waals surface area contributed by atoms with Crippen LogP contribution in [-0.4, -0.2) is 46.9 Å². The Labute approximate surface area is 199 Å². The van der Waals surface area contributed by atoms with Crippen LogP contribution in [0.15, 0.2) is 72.8 Å². The van der Waals surface area contributed by atoms with Gasteiger partial charge in [-0.05, 0) is 24.0 Å². The molecule has 0 aliphatic heterocycles. The third-order valence-corrected chi connectivity index (χ3v) is 5.16. The van der Waals surface area contributed by atoms with E-state index in [2.05, 4.69) is 53.4 Å². The zero-order valence-corrected chi connectivity index (χ0v) is 20.2. The number of hydrogen-bond acceptors (Lipinski definition) is 4. The average molecular weight is 456 g/mol. The van der Waals surface area contributed by atoms with Crippen LogP contribution in [0.5, 0.6) is 0 Å². The van der Waals surface area contributed by atoms with E-state index in [1.165, 1.54) is 30.4 Å². The third-order valence-electron chi connectivity index (χ3n) is 5.16. The van der Waals surface area contributed by atoms with Gasteiger partial charge in [-0.3, -0.25) is 4.90 Å². The number of nitrogens with zero attached hydrogens (tertiary/aromatic N) is 1. The minimum Gasteiger partial charge on any atom is -0.478 e. The minimum absolute atomic E-state index is 0.194. The van der Waals surface area contributed by atoms with Gasteiger partial charge in [0, 0.05) is 25.7 Å². The van der Waals surface area contributed by atoms with Gasteiger partial charge in [-0.1, -0.05) is 99.8 Å². The summed E-state index contributed by atoms with van der Waals surface area (Å²) in [6.45, 7) is 7.06. The molecule has 1 fully saturated rings. The van der Waals surface area contributed by atoms with Crippen molar-refractivity contribution in [2.24, 2.45) is 0 Å². The lowest BCUT2D eigenvalue weighted by Crippen LogP contribution is -2.26. The van der Waals surface area contributed by atoms with E-state index in [0.29, 0.717) is 19.3 Å². The molecule has 0 amide bonds. The van der Waals surface area contributed by atoms with Gasteiger partial charge >= 0.3 is 5.97 Å². The topological polar surface area (TPSA) is 70.0 Å². The Morgan fingerprint density at radius 2 is 1.45 bits per heavy atom. The van der Waals surface area contributed by atoms with E-state index in [9.17, 15) is 4.79 Å². The normalized spacial score (nSPS) is 13.7. The Hall–Kier alpha value is -2.47. The summed E-state index contributed by atoms with van der Waals surface area (Å²) >= 11 is 0. The fraction of sp³-hybridized carbons (Fsp3) is 0.464. The molecule has 0 spiro atoms. The summed E-state index contributed by atoms with van der Waals surface area (Å²) in [4.78, 5) is 12.4. The maximum Gasteiger partial charge on any atom is 0.328 e. The lowest BCUT2D eigenvalue weighted by molar-refractivity contribution is -0.131. The van der Waals surface area contributed by atoms with Crippen LogP contribution in [0.25, 0.3) is 0 Å². The van der Waals surface area contributed by atoms with Crippen LogP contribution >= 0.6 is 0 Å². The van der Waals surface area contributed by atoms with Crippen molar-refractivity contribution < 1.29 is 19.7 Å². The zero-order valence-electron chi connectivity index (χ0n) is 20.2. The van der Waals surface area contributed by atoms with Crippen molar-refractivity contribution in [3.63, 3.8) is 0 Å². The number of aliphatic hydroxyl groups excluding tert-OH is 1. The number of hydrogen-bond donors (Lipinski definition) is 2. The van der Waals surface area contributed by atoms with Crippen molar-refractivity contribution in [2.45, 2.75) is 65.1 Å². The average Bonchev–Trinajstić information content (AvgIpc) is 2.85. The summed E-state index contributed by atoms with van der Waals surface area (Å²) in [5, 5.41) is 17.5. The molecule has 0 heterocycles. The number of carboxylic acid groups (broad SMARTS) is 1. The van der Waals surface area contributed by atoms with E-state index >= 15 is 0 Å². The first kappa shape index (κ1) is 28.6.